The van der Waals surface area contributed by atoms with E-state index in [4.69, 9.17) is 4.18 Å². The van der Waals surface area contributed by atoms with E-state index >= 15 is 0 Å². The Labute approximate surface area is 81.1 Å². The Morgan fingerprint density at radius 3 is 2.54 bits per heavy atom. The van der Waals surface area contributed by atoms with E-state index < -0.39 is 11.3 Å². The van der Waals surface area contributed by atoms with Gasteiger partial charge in [0.15, 0.2) is 0 Å². The Morgan fingerprint density at radius 1 is 1.38 bits per heavy atom. The predicted octanol–water partition coefficient (Wildman–Crippen LogP) is 1.60. The molecule has 0 aliphatic heterocycles. The van der Waals surface area contributed by atoms with Gasteiger partial charge >= 0.3 is 0 Å². The first kappa shape index (κ1) is 10.2. The monoisotopic (exact) mass is 199 g/mol. The van der Waals surface area contributed by atoms with Crippen LogP contribution in [-0.2, 0) is 11.3 Å². The molecule has 0 radical (unpaired) electrons. The Hall–Kier alpha value is -0.870. The molecule has 72 valence electrons. The number of para-hydroxylation sites is 1. The van der Waals surface area contributed by atoms with Crippen LogP contribution in [0.15, 0.2) is 30.3 Å². The van der Waals surface area contributed by atoms with Crippen molar-refractivity contribution in [2.75, 3.05) is 13.6 Å². The smallest absolute Gasteiger partial charge is 0.290 e. The summed E-state index contributed by atoms with van der Waals surface area (Å²) in [5, 5.41) is 0. The van der Waals surface area contributed by atoms with E-state index in [1.165, 1.54) is 0 Å². The Bertz CT molecular complexity index is 276. The molecule has 0 amide bonds. The molecule has 0 bridgehead atoms. The molecule has 1 rings (SSSR count). The van der Waals surface area contributed by atoms with Crippen LogP contribution in [0, 0.1) is 0 Å². The lowest BCUT2D eigenvalue weighted by Gasteiger charge is -2.12. The van der Waals surface area contributed by atoms with Crippen molar-refractivity contribution >= 4 is 11.3 Å². The Kier molecular flexibility index (Phi) is 3.92. The second-order valence-electron chi connectivity index (χ2n) is 2.56. The summed E-state index contributed by atoms with van der Waals surface area (Å²) in [6.45, 7) is 2.62. The van der Waals surface area contributed by atoms with E-state index in [9.17, 15) is 4.21 Å². The molecule has 0 N–H and O–H groups in total. The number of hydrogen-bond acceptors (Lipinski definition) is 2. The lowest BCUT2D eigenvalue weighted by molar-refractivity contribution is 0.465. The zero-order valence-electron chi connectivity index (χ0n) is 7.77. The van der Waals surface area contributed by atoms with Gasteiger partial charge in [0, 0.05) is 13.6 Å². The van der Waals surface area contributed by atoms with Gasteiger partial charge in [-0.3, -0.25) is 0 Å². The molecule has 0 aromatic heterocycles. The molecule has 4 heteroatoms. The molecule has 1 atom stereocenters. The van der Waals surface area contributed by atoms with E-state index in [0.717, 1.165) is 0 Å². The van der Waals surface area contributed by atoms with Crippen LogP contribution < -0.4 is 4.18 Å². The molecular formula is C9H13NO2S. The van der Waals surface area contributed by atoms with Crippen LogP contribution in [0.25, 0.3) is 0 Å². The highest BCUT2D eigenvalue weighted by Gasteiger charge is 2.06. The SMILES string of the molecule is CCN(C)S(=O)Oc1ccccc1. The highest BCUT2D eigenvalue weighted by molar-refractivity contribution is 7.78. The van der Waals surface area contributed by atoms with Crippen molar-refractivity contribution in [1.82, 2.24) is 4.31 Å². The molecule has 1 unspecified atom stereocenters. The molecule has 3 nitrogen and oxygen atoms in total. The topological polar surface area (TPSA) is 29.5 Å². The van der Waals surface area contributed by atoms with E-state index in [-0.39, 0.29) is 0 Å². The van der Waals surface area contributed by atoms with E-state index in [1.807, 2.05) is 25.1 Å². The number of rotatable bonds is 4. The molecule has 13 heavy (non-hydrogen) atoms. The van der Waals surface area contributed by atoms with Gasteiger partial charge < -0.3 is 4.18 Å². The van der Waals surface area contributed by atoms with Crippen LogP contribution in [0.5, 0.6) is 5.75 Å². The first-order chi connectivity index (χ1) is 6.24. The van der Waals surface area contributed by atoms with Gasteiger partial charge in [0.1, 0.15) is 5.75 Å². The fourth-order valence-corrected chi connectivity index (χ4v) is 1.34. The summed E-state index contributed by atoms with van der Waals surface area (Å²) >= 11 is -1.38. The summed E-state index contributed by atoms with van der Waals surface area (Å²) in [7, 11) is 1.75. The van der Waals surface area contributed by atoms with Crippen LogP contribution in [0.1, 0.15) is 6.92 Å². The molecule has 0 heterocycles. The van der Waals surface area contributed by atoms with Crippen molar-refractivity contribution < 1.29 is 8.39 Å². The lowest BCUT2D eigenvalue weighted by atomic mass is 10.3. The minimum atomic E-state index is -1.38. The van der Waals surface area contributed by atoms with Gasteiger partial charge in [-0.2, -0.15) is 8.51 Å². The standard InChI is InChI=1S/C9H13NO2S/c1-3-10(2)13(11)12-9-7-5-4-6-8-9/h4-8H,3H2,1-2H3. The molecule has 0 fully saturated rings. The van der Waals surface area contributed by atoms with Crippen molar-refractivity contribution in [2.45, 2.75) is 6.92 Å². The molecule has 0 saturated heterocycles. The minimum Gasteiger partial charge on any atom is -0.389 e. The predicted molar refractivity (Wildman–Crippen MR) is 53.5 cm³/mol. The van der Waals surface area contributed by atoms with E-state index in [0.29, 0.717) is 12.3 Å². The van der Waals surface area contributed by atoms with Gasteiger partial charge in [0.05, 0.1) is 0 Å². The summed E-state index contributed by atoms with van der Waals surface area (Å²) in [5.74, 6) is 0.626. The highest BCUT2D eigenvalue weighted by Crippen LogP contribution is 2.10. The van der Waals surface area contributed by atoms with Gasteiger partial charge in [-0.1, -0.05) is 25.1 Å². The first-order valence-electron chi connectivity index (χ1n) is 4.10. The molecule has 0 aliphatic carbocycles. The van der Waals surface area contributed by atoms with Crippen molar-refractivity contribution in [3.63, 3.8) is 0 Å². The second-order valence-corrected chi connectivity index (χ2v) is 3.78. The van der Waals surface area contributed by atoms with Crippen LogP contribution >= 0.6 is 0 Å². The average Bonchev–Trinajstić information content (AvgIpc) is 2.18. The third kappa shape index (κ3) is 3.16. The quantitative estimate of drug-likeness (QED) is 0.737. The largest absolute Gasteiger partial charge is 0.389 e. The maximum Gasteiger partial charge on any atom is 0.290 e. The molecule has 0 saturated carbocycles. The van der Waals surface area contributed by atoms with Gasteiger partial charge in [-0.25, -0.2) is 0 Å². The number of hydrogen-bond donors (Lipinski definition) is 0. The minimum absolute atomic E-state index is 0.626. The van der Waals surface area contributed by atoms with Gasteiger partial charge in [0.2, 0.25) is 0 Å². The van der Waals surface area contributed by atoms with Crippen molar-refractivity contribution in [3.05, 3.63) is 30.3 Å². The number of nitrogens with zero attached hydrogens (tertiary/aromatic N) is 1. The third-order valence-electron chi connectivity index (χ3n) is 1.61. The Morgan fingerprint density at radius 2 is 2.00 bits per heavy atom. The van der Waals surface area contributed by atoms with Crippen LogP contribution in [0.4, 0.5) is 0 Å². The lowest BCUT2D eigenvalue weighted by Crippen LogP contribution is -2.24. The summed E-state index contributed by atoms with van der Waals surface area (Å²) in [6.07, 6.45) is 0. The zero-order valence-corrected chi connectivity index (χ0v) is 8.58. The molecule has 0 aliphatic rings. The molecule has 1 aromatic carbocycles. The summed E-state index contributed by atoms with van der Waals surface area (Å²) in [5.41, 5.74) is 0. The summed E-state index contributed by atoms with van der Waals surface area (Å²) < 4.78 is 18.1. The molecule has 0 spiro atoms. The third-order valence-corrected chi connectivity index (χ3v) is 2.71. The summed E-state index contributed by atoms with van der Waals surface area (Å²) in [4.78, 5) is 0. The Balaban J connectivity index is 2.55. The van der Waals surface area contributed by atoms with Crippen LogP contribution in [0.3, 0.4) is 0 Å². The van der Waals surface area contributed by atoms with Crippen molar-refractivity contribution in [1.29, 1.82) is 0 Å². The van der Waals surface area contributed by atoms with Gasteiger partial charge in [0.25, 0.3) is 11.3 Å². The average molecular weight is 199 g/mol. The van der Waals surface area contributed by atoms with Crippen molar-refractivity contribution in [3.8, 4) is 5.75 Å². The summed E-state index contributed by atoms with van der Waals surface area (Å²) in [6, 6.07) is 9.14. The fraction of sp³-hybridized carbons (Fsp3) is 0.333. The van der Waals surface area contributed by atoms with Crippen LogP contribution in [-0.4, -0.2) is 22.1 Å². The molecule has 1 aromatic rings. The van der Waals surface area contributed by atoms with Crippen LogP contribution in [0.2, 0.25) is 0 Å². The fourth-order valence-electron chi connectivity index (χ4n) is 0.727. The second kappa shape index (κ2) is 4.99. The zero-order chi connectivity index (χ0) is 9.68. The maximum absolute atomic E-state index is 11.4. The maximum atomic E-state index is 11.4. The highest BCUT2D eigenvalue weighted by atomic mass is 32.2. The van der Waals surface area contributed by atoms with Crippen molar-refractivity contribution in [2.24, 2.45) is 0 Å². The van der Waals surface area contributed by atoms with Gasteiger partial charge in [-0.05, 0) is 12.1 Å². The molecular weight excluding hydrogens is 186 g/mol. The normalized spacial score (nSPS) is 12.8. The van der Waals surface area contributed by atoms with E-state index in [2.05, 4.69) is 0 Å². The van der Waals surface area contributed by atoms with Gasteiger partial charge in [-0.15, -0.1) is 0 Å². The van der Waals surface area contributed by atoms with E-state index in [1.54, 1.807) is 23.5 Å². The number of benzene rings is 1. The first-order valence-corrected chi connectivity index (χ1v) is 5.13.